The van der Waals surface area contributed by atoms with Gasteiger partial charge in [0, 0.05) is 18.7 Å². The third-order valence-electron chi connectivity index (χ3n) is 2.96. The molecule has 1 amide bonds. The maximum Gasteiger partial charge on any atom is 0.249 e. The topological polar surface area (TPSA) is 58.6 Å². The lowest BCUT2D eigenvalue weighted by Gasteiger charge is -2.15. The molecule has 0 radical (unpaired) electrons. The largest absolute Gasteiger partial charge is 0.386 e. The molecule has 2 atom stereocenters. The predicted octanol–water partition coefficient (Wildman–Crippen LogP) is 1.15. The Hall–Kier alpha value is -1.46. The number of halogens is 1. The standard InChI is InChI=1S/C13H16FNO3/c14-10-5-2-1-4-9(10)11(16)8-15-13(17)12-6-3-7-18-12/h1-2,4-5,11-12,16H,3,6-8H2,(H,15,17). The Bertz CT molecular complexity index is 418. The first kappa shape index (κ1) is 13.0. The van der Waals surface area contributed by atoms with Crippen molar-refractivity contribution < 1.29 is 19.0 Å². The van der Waals surface area contributed by atoms with E-state index in [9.17, 15) is 14.3 Å². The normalized spacial score (nSPS) is 20.7. The van der Waals surface area contributed by atoms with Crippen LogP contribution in [-0.2, 0) is 9.53 Å². The summed E-state index contributed by atoms with van der Waals surface area (Å²) >= 11 is 0. The van der Waals surface area contributed by atoms with E-state index in [1.54, 1.807) is 12.1 Å². The van der Waals surface area contributed by atoms with Gasteiger partial charge in [0.05, 0.1) is 6.10 Å². The summed E-state index contributed by atoms with van der Waals surface area (Å²) in [7, 11) is 0. The number of nitrogens with one attached hydrogen (secondary N) is 1. The van der Waals surface area contributed by atoms with Crippen molar-refractivity contribution in [2.45, 2.75) is 25.0 Å². The van der Waals surface area contributed by atoms with Gasteiger partial charge in [-0.3, -0.25) is 4.79 Å². The van der Waals surface area contributed by atoms with Crippen molar-refractivity contribution in [3.05, 3.63) is 35.6 Å². The van der Waals surface area contributed by atoms with Gasteiger partial charge >= 0.3 is 0 Å². The second kappa shape index (κ2) is 5.93. The van der Waals surface area contributed by atoms with Crippen molar-refractivity contribution >= 4 is 5.91 Å². The first-order valence-electron chi connectivity index (χ1n) is 6.00. The van der Waals surface area contributed by atoms with Gasteiger partial charge in [-0.2, -0.15) is 0 Å². The Morgan fingerprint density at radius 3 is 3.00 bits per heavy atom. The Morgan fingerprint density at radius 2 is 2.33 bits per heavy atom. The molecule has 98 valence electrons. The lowest BCUT2D eigenvalue weighted by Crippen LogP contribution is -2.36. The van der Waals surface area contributed by atoms with Gasteiger partial charge in [0.2, 0.25) is 5.91 Å². The summed E-state index contributed by atoms with van der Waals surface area (Å²) in [5, 5.41) is 12.4. The van der Waals surface area contributed by atoms with Crippen LogP contribution >= 0.6 is 0 Å². The zero-order chi connectivity index (χ0) is 13.0. The molecule has 5 heteroatoms. The van der Waals surface area contributed by atoms with Gasteiger partial charge in [-0.05, 0) is 18.9 Å². The van der Waals surface area contributed by atoms with Gasteiger partial charge in [0.15, 0.2) is 0 Å². The number of hydrogen-bond donors (Lipinski definition) is 2. The van der Waals surface area contributed by atoms with Crippen molar-refractivity contribution in [2.24, 2.45) is 0 Å². The minimum absolute atomic E-state index is 0.0143. The summed E-state index contributed by atoms with van der Waals surface area (Å²) in [6.45, 7) is 0.577. The van der Waals surface area contributed by atoms with Gasteiger partial charge in [0.25, 0.3) is 0 Å². The Morgan fingerprint density at radius 1 is 1.56 bits per heavy atom. The third kappa shape index (κ3) is 3.05. The molecule has 4 nitrogen and oxygen atoms in total. The highest BCUT2D eigenvalue weighted by atomic mass is 19.1. The summed E-state index contributed by atoms with van der Waals surface area (Å²) in [5.41, 5.74) is 0.185. The fourth-order valence-corrected chi connectivity index (χ4v) is 1.95. The van der Waals surface area contributed by atoms with Gasteiger partial charge in [0.1, 0.15) is 11.9 Å². The first-order chi connectivity index (χ1) is 8.68. The molecular formula is C13H16FNO3. The molecule has 2 rings (SSSR count). The van der Waals surface area contributed by atoms with Crippen LogP contribution in [0.4, 0.5) is 4.39 Å². The van der Waals surface area contributed by atoms with Crippen molar-refractivity contribution in [1.29, 1.82) is 0 Å². The number of hydrogen-bond acceptors (Lipinski definition) is 3. The summed E-state index contributed by atoms with van der Waals surface area (Å²) in [5.74, 6) is -0.723. The summed E-state index contributed by atoms with van der Waals surface area (Å²) in [6, 6.07) is 5.97. The average Bonchev–Trinajstić information content (AvgIpc) is 2.90. The smallest absolute Gasteiger partial charge is 0.249 e. The molecule has 1 aromatic carbocycles. The van der Waals surface area contributed by atoms with Crippen molar-refractivity contribution in [1.82, 2.24) is 5.32 Å². The molecule has 1 aliphatic heterocycles. The van der Waals surface area contributed by atoms with Gasteiger partial charge in [-0.1, -0.05) is 18.2 Å². The van der Waals surface area contributed by atoms with Crippen molar-refractivity contribution in [2.75, 3.05) is 13.2 Å². The number of ether oxygens (including phenoxy) is 1. The first-order valence-corrected chi connectivity index (χ1v) is 6.00. The van der Waals surface area contributed by atoms with Crippen molar-refractivity contribution in [3.8, 4) is 0 Å². The van der Waals surface area contributed by atoms with E-state index in [4.69, 9.17) is 4.74 Å². The van der Waals surface area contributed by atoms with Crippen molar-refractivity contribution in [3.63, 3.8) is 0 Å². The summed E-state index contributed by atoms with van der Waals surface area (Å²) in [4.78, 5) is 11.6. The summed E-state index contributed by atoms with van der Waals surface area (Å²) < 4.78 is 18.6. The molecule has 0 bridgehead atoms. The number of aliphatic hydroxyl groups excluding tert-OH is 1. The highest BCUT2D eigenvalue weighted by molar-refractivity contribution is 5.80. The second-order valence-corrected chi connectivity index (χ2v) is 4.28. The Kier molecular flexibility index (Phi) is 4.28. The minimum atomic E-state index is -1.04. The Balaban J connectivity index is 1.86. The fraction of sp³-hybridized carbons (Fsp3) is 0.462. The molecule has 1 fully saturated rings. The van der Waals surface area contributed by atoms with Gasteiger partial charge < -0.3 is 15.2 Å². The number of rotatable bonds is 4. The SMILES string of the molecule is O=C(NCC(O)c1ccccc1F)C1CCCO1. The molecule has 0 aliphatic carbocycles. The number of carbonyl (C=O) groups is 1. The van der Waals surface area contributed by atoms with Gasteiger partial charge in [-0.15, -0.1) is 0 Å². The van der Waals surface area contributed by atoms with E-state index in [0.29, 0.717) is 13.0 Å². The molecule has 2 unspecified atom stereocenters. The fourth-order valence-electron chi connectivity index (χ4n) is 1.95. The molecule has 0 saturated carbocycles. The van der Waals surface area contributed by atoms with E-state index in [-0.39, 0.29) is 18.0 Å². The number of benzene rings is 1. The van der Waals surface area contributed by atoms with E-state index < -0.39 is 18.0 Å². The van der Waals surface area contributed by atoms with E-state index in [0.717, 1.165) is 6.42 Å². The van der Waals surface area contributed by atoms with Crippen LogP contribution in [0.5, 0.6) is 0 Å². The molecule has 2 N–H and O–H groups in total. The van der Waals surface area contributed by atoms with Crippen LogP contribution in [0.2, 0.25) is 0 Å². The number of aliphatic hydroxyl groups is 1. The molecular weight excluding hydrogens is 237 g/mol. The van der Waals surface area contributed by atoms with Crippen LogP contribution < -0.4 is 5.32 Å². The molecule has 1 aromatic rings. The van der Waals surface area contributed by atoms with Crippen LogP contribution in [-0.4, -0.2) is 30.3 Å². The molecule has 0 spiro atoms. The lowest BCUT2D eigenvalue weighted by molar-refractivity contribution is -0.130. The lowest BCUT2D eigenvalue weighted by atomic mass is 10.1. The number of carbonyl (C=O) groups excluding carboxylic acids is 1. The molecule has 0 aromatic heterocycles. The summed E-state index contributed by atoms with van der Waals surface area (Å²) in [6.07, 6.45) is 0.0876. The van der Waals surface area contributed by atoms with E-state index in [1.165, 1.54) is 12.1 Å². The van der Waals surface area contributed by atoms with Gasteiger partial charge in [-0.25, -0.2) is 4.39 Å². The molecule has 1 heterocycles. The Labute approximate surface area is 105 Å². The quantitative estimate of drug-likeness (QED) is 0.846. The van der Waals surface area contributed by atoms with E-state index in [2.05, 4.69) is 5.32 Å². The second-order valence-electron chi connectivity index (χ2n) is 4.28. The predicted molar refractivity (Wildman–Crippen MR) is 63.3 cm³/mol. The zero-order valence-electron chi connectivity index (χ0n) is 9.93. The van der Waals surface area contributed by atoms with E-state index >= 15 is 0 Å². The number of amides is 1. The average molecular weight is 253 g/mol. The zero-order valence-corrected chi connectivity index (χ0v) is 9.93. The van der Waals surface area contributed by atoms with Crippen LogP contribution in [0.15, 0.2) is 24.3 Å². The molecule has 1 saturated heterocycles. The van der Waals surface area contributed by atoms with Crippen LogP contribution in [0, 0.1) is 5.82 Å². The molecule has 1 aliphatic rings. The maximum atomic E-state index is 13.4. The minimum Gasteiger partial charge on any atom is -0.386 e. The van der Waals surface area contributed by atoms with Crippen LogP contribution in [0.1, 0.15) is 24.5 Å². The van der Waals surface area contributed by atoms with Crippen LogP contribution in [0.25, 0.3) is 0 Å². The highest BCUT2D eigenvalue weighted by Gasteiger charge is 2.24. The molecule has 18 heavy (non-hydrogen) atoms. The third-order valence-corrected chi connectivity index (χ3v) is 2.96. The maximum absolute atomic E-state index is 13.4. The van der Waals surface area contributed by atoms with Crippen LogP contribution in [0.3, 0.4) is 0 Å². The highest BCUT2D eigenvalue weighted by Crippen LogP contribution is 2.16. The monoisotopic (exact) mass is 253 g/mol. The van der Waals surface area contributed by atoms with E-state index in [1.807, 2.05) is 0 Å².